The first kappa shape index (κ1) is 16.7. The van der Waals surface area contributed by atoms with E-state index in [2.05, 4.69) is 79.2 Å². The fraction of sp³-hybridized carbons (Fsp3) is 0.350. The third kappa shape index (κ3) is 2.60. The number of para-hydroxylation sites is 1. The van der Waals surface area contributed by atoms with Crippen LogP contribution in [0, 0.1) is 0 Å². The molecule has 5 heteroatoms. The van der Waals surface area contributed by atoms with Crippen LogP contribution in [0.3, 0.4) is 0 Å². The van der Waals surface area contributed by atoms with Gasteiger partial charge in [-0.2, -0.15) is 0 Å². The lowest BCUT2D eigenvalue weighted by Gasteiger charge is -2.51. The van der Waals surface area contributed by atoms with Crippen LogP contribution in [0.5, 0.6) is 5.75 Å². The standard InChI is InChI=1S/C20H24N3OP/c1-5-13-21-17-11-8-10-16-19(17)24-23-22(4)14-15-9-6-7-12-18(15)25(23)20(16,2)3/h6-13H,5,14H2,1-4H3. The highest BCUT2D eigenvalue weighted by Gasteiger charge is 2.49. The Morgan fingerprint density at radius 2 is 2.00 bits per heavy atom. The highest BCUT2D eigenvalue weighted by Crippen LogP contribution is 2.65. The summed E-state index contributed by atoms with van der Waals surface area (Å²) in [6.45, 7) is 7.62. The van der Waals surface area contributed by atoms with Crippen LogP contribution in [-0.2, 0) is 11.7 Å². The van der Waals surface area contributed by atoms with Crippen molar-refractivity contribution in [3.05, 3.63) is 53.6 Å². The molecule has 4 nitrogen and oxygen atoms in total. The summed E-state index contributed by atoms with van der Waals surface area (Å²) in [7, 11) is 1.43. The van der Waals surface area contributed by atoms with E-state index in [1.165, 1.54) is 16.4 Å². The molecule has 0 saturated carbocycles. The van der Waals surface area contributed by atoms with Gasteiger partial charge in [0.15, 0.2) is 5.75 Å². The lowest BCUT2D eigenvalue weighted by Crippen LogP contribution is -2.51. The molecule has 0 bridgehead atoms. The van der Waals surface area contributed by atoms with Gasteiger partial charge in [0.25, 0.3) is 0 Å². The van der Waals surface area contributed by atoms with Crippen molar-refractivity contribution in [3.63, 3.8) is 0 Å². The Hall–Kier alpha value is -1.74. The molecular formula is C20H24N3OP. The summed E-state index contributed by atoms with van der Waals surface area (Å²) < 4.78 is 0. The van der Waals surface area contributed by atoms with Gasteiger partial charge in [0.2, 0.25) is 0 Å². The molecule has 2 heterocycles. The van der Waals surface area contributed by atoms with E-state index >= 15 is 0 Å². The third-order valence-corrected chi connectivity index (χ3v) is 7.77. The molecule has 2 aliphatic rings. The predicted octanol–water partition coefficient (Wildman–Crippen LogP) is 4.73. The van der Waals surface area contributed by atoms with Gasteiger partial charge >= 0.3 is 0 Å². The van der Waals surface area contributed by atoms with Crippen molar-refractivity contribution in [1.82, 2.24) is 9.95 Å². The summed E-state index contributed by atoms with van der Waals surface area (Å²) in [5, 5.41) is 3.57. The largest absolute Gasteiger partial charge is 0.384 e. The number of rotatable bonds is 2. The lowest BCUT2D eigenvalue weighted by atomic mass is 10.00. The molecule has 25 heavy (non-hydrogen) atoms. The van der Waals surface area contributed by atoms with E-state index in [-0.39, 0.29) is 5.16 Å². The SMILES string of the molecule is CCC=Nc1cccc2c1ON1N(C)Cc3ccccc3P1C2(C)C. The lowest BCUT2D eigenvalue weighted by molar-refractivity contribution is -0.137. The Labute approximate surface area is 150 Å². The summed E-state index contributed by atoms with van der Waals surface area (Å²) >= 11 is 0. The van der Waals surface area contributed by atoms with Gasteiger partial charge in [-0.15, -0.1) is 0 Å². The number of hydrogen-bond acceptors (Lipinski definition) is 4. The zero-order valence-electron chi connectivity index (χ0n) is 15.2. The van der Waals surface area contributed by atoms with Gasteiger partial charge in [-0.3, -0.25) is 4.99 Å². The second kappa shape index (κ2) is 6.21. The summed E-state index contributed by atoms with van der Waals surface area (Å²) in [5.41, 5.74) is 3.55. The van der Waals surface area contributed by atoms with Crippen LogP contribution in [0.4, 0.5) is 5.69 Å². The van der Waals surface area contributed by atoms with E-state index in [1.54, 1.807) is 0 Å². The van der Waals surface area contributed by atoms with Gasteiger partial charge in [-0.25, -0.2) is 5.01 Å². The van der Waals surface area contributed by atoms with Crippen molar-refractivity contribution in [1.29, 1.82) is 0 Å². The second-order valence-electron chi connectivity index (χ2n) is 7.03. The third-order valence-electron chi connectivity index (χ3n) is 4.85. The topological polar surface area (TPSA) is 28.1 Å². The van der Waals surface area contributed by atoms with Crippen LogP contribution in [0.25, 0.3) is 0 Å². The minimum atomic E-state index is -0.671. The first-order valence-electron chi connectivity index (χ1n) is 8.77. The molecule has 2 aliphatic heterocycles. The van der Waals surface area contributed by atoms with E-state index < -0.39 is 8.07 Å². The Morgan fingerprint density at radius 3 is 2.80 bits per heavy atom. The molecular weight excluding hydrogens is 329 g/mol. The van der Waals surface area contributed by atoms with Gasteiger partial charge in [0.05, 0.1) is 8.07 Å². The van der Waals surface area contributed by atoms with Crippen molar-refractivity contribution in [2.45, 2.75) is 38.9 Å². The van der Waals surface area contributed by atoms with Gasteiger partial charge in [0.1, 0.15) is 5.69 Å². The molecule has 0 amide bonds. The Kier molecular flexibility index (Phi) is 4.15. The smallest absolute Gasteiger partial charge is 0.179 e. The average Bonchev–Trinajstić information content (AvgIpc) is 2.60. The van der Waals surface area contributed by atoms with Crippen LogP contribution < -0.4 is 10.1 Å². The van der Waals surface area contributed by atoms with Crippen molar-refractivity contribution < 1.29 is 4.84 Å². The molecule has 0 spiro atoms. The summed E-state index contributed by atoms with van der Waals surface area (Å²) in [6.07, 6.45) is 2.86. The first-order valence-corrected chi connectivity index (χ1v) is 10.1. The second-order valence-corrected chi connectivity index (χ2v) is 9.60. The van der Waals surface area contributed by atoms with Crippen LogP contribution in [-0.4, -0.2) is 23.2 Å². The highest BCUT2D eigenvalue weighted by molar-refractivity contribution is 7.64. The van der Waals surface area contributed by atoms with Crippen molar-refractivity contribution in [2.24, 2.45) is 4.99 Å². The fourth-order valence-corrected chi connectivity index (χ4v) is 6.41. The quantitative estimate of drug-likeness (QED) is 0.577. The van der Waals surface area contributed by atoms with Crippen molar-refractivity contribution >= 4 is 25.3 Å². The van der Waals surface area contributed by atoms with E-state index in [4.69, 9.17) is 4.84 Å². The monoisotopic (exact) mass is 353 g/mol. The highest BCUT2D eigenvalue weighted by atomic mass is 31.1. The number of benzene rings is 2. The maximum absolute atomic E-state index is 6.44. The number of hydrazine groups is 1. The number of aliphatic imine (C=N–C) groups is 1. The van der Waals surface area contributed by atoms with Crippen LogP contribution in [0.15, 0.2) is 47.5 Å². The summed E-state index contributed by atoms with van der Waals surface area (Å²) in [4.78, 5) is 13.2. The molecule has 2 aromatic rings. The normalized spacial score (nSPS) is 22.2. The summed E-state index contributed by atoms with van der Waals surface area (Å²) in [5.74, 6) is 0.891. The van der Waals surface area contributed by atoms with E-state index in [0.29, 0.717) is 0 Å². The number of nitrogens with zero attached hydrogens (tertiary/aromatic N) is 3. The van der Waals surface area contributed by atoms with Crippen LogP contribution in [0.1, 0.15) is 38.3 Å². The molecule has 0 fully saturated rings. The molecule has 0 radical (unpaired) electrons. The first-order chi connectivity index (χ1) is 12.0. The molecule has 0 N–H and O–H groups in total. The zero-order valence-corrected chi connectivity index (χ0v) is 16.1. The van der Waals surface area contributed by atoms with E-state index in [9.17, 15) is 0 Å². The Balaban J connectivity index is 1.89. The molecule has 130 valence electrons. The van der Waals surface area contributed by atoms with Gasteiger partial charge in [-0.1, -0.05) is 43.3 Å². The maximum atomic E-state index is 6.44. The zero-order chi connectivity index (χ0) is 17.6. The number of hydrogen-bond donors (Lipinski definition) is 0. The van der Waals surface area contributed by atoms with Gasteiger partial charge < -0.3 is 4.84 Å². The minimum Gasteiger partial charge on any atom is -0.384 e. The Morgan fingerprint density at radius 1 is 1.20 bits per heavy atom. The molecule has 0 aliphatic carbocycles. The van der Waals surface area contributed by atoms with Crippen LogP contribution in [0.2, 0.25) is 0 Å². The minimum absolute atomic E-state index is 0.0363. The van der Waals surface area contributed by atoms with E-state index in [0.717, 1.165) is 24.4 Å². The maximum Gasteiger partial charge on any atom is 0.179 e. The van der Waals surface area contributed by atoms with Gasteiger partial charge in [-0.05, 0) is 36.8 Å². The average molecular weight is 353 g/mol. The van der Waals surface area contributed by atoms with Crippen LogP contribution >= 0.6 is 8.07 Å². The Bertz CT molecular complexity index is 833. The summed E-state index contributed by atoms with van der Waals surface area (Å²) in [6, 6.07) is 15.1. The number of fused-ring (bicyclic) bond motifs is 4. The van der Waals surface area contributed by atoms with E-state index in [1.807, 2.05) is 12.3 Å². The molecule has 1 unspecified atom stereocenters. The molecule has 0 saturated heterocycles. The molecule has 2 aromatic carbocycles. The molecule has 1 atom stereocenters. The fourth-order valence-electron chi connectivity index (χ4n) is 3.62. The molecule has 0 aromatic heterocycles. The van der Waals surface area contributed by atoms with Crippen molar-refractivity contribution in [3.8, 4) is 5.75 Å². The predicted molar refractivity (Wildman–Crippen MR) is 105 cm³/mol. The van der Waals surface area contributed by atoms with Crippen molar-refractivity contribution in [2.75, 3.05) is 7.05 Å². The van der Waals surface area contributed by atoms with Gasteiger partial charge in [0, 0.05) is 35.8 Å². The molecule has 4 rings (SSSR count).